The minimum atomic E-state index is -0.612. The van der Waals surface area contributed by atoms with Crippen molar-refractivity contribution >= 4 is 10.7 Å². The monoisotopic (exact) mass is 337 g/mol. The van der Waals surface area contributed by atoms with E-state index in [1.165, 1.54) is 4.68 Å². The summed E-state index contributed by atoms with van der Waals surface area (Å²) in [7, 11) is -0.612. The molecular formula is C17H15N5OS. The molecule has 0 aliphatic carbocycles. The first kappa shape index (κ1) is 15.9. The van der Waals surface area contributed by atoms with Gasteiger partial charge in [0.25, 0.3) is 0 Å². The van der Waals surface area contributed by atoms with Gasteiger partial charge in [0.2, 0.25) is 5.88 Å². The molecule has 0 fully saturated rings. The summed E-state index contributed by atoms with van der Waals surface area (Å²) in [5.74, 6) is 0.489. The molecule has 2 N–H and O–H groups in total. The first-order valence-corrected chi connectivity index (χ1v) is 8.77. The number of aromatic nitrogens is 3. The third-order valence-electron chi connectivity index (χ3n) is 3.63. The summed E-state index contributed by atoms with van der Waals surface area (Å²) in [6.07, 6.45) is 3.43. The van der Waals surface area contributed by atoms with Crippen LogP contribution in [0, 0.1) is 23.0 Å². The molecule has 0 saturated carbocycles. The van der Waals surface area contributed by atoms with Crippen molar-refractivity contribution < 1.29 is 5.11 Å². The number of aromatic hydroxyl groups is 1. The molecule has 1 aromatic carbocycles. The van der Waals surface area contributed by atoms with Crippen LogP contribution in [0.1, 0.15) is 11.3 Å². The Kier molecular flexibility index (Phi) is 4.15. The molecule has 3 rings (SSSR count). The van der Waals surface area contributed by atoms with E-state index < -0.39 is 10.7 Å². The van der Waals surface area contributed by atoms with Crippen LogP contribution < -0.4 is 0 Å². The van der Waals surface area contributed by atoms with E-state index in [-0.39, 0.29) is 5.88 Å². The number of nitrogens with zero attached hydrogens (tertiary/aromatic N) is 4. The highest BCUT2D eigenvalue weighted by atomic mass is 32.2. The number of pyridine rings is 1. The predicted octanol–water partition coefficient (Wildman–Crippen LogP) is 3.19. The van der Waals surface area contributed by atoms with Crippen LogP contribution in [0.5, 0.6) is 5.88 Å². The first-order valence-electron chi connectivity index (χ1n) is 7.14. The summed E-state index contributed by atoms with van der Waals surface area (Å²) in [5.41, 5.74) is 2.62. The minimum Gasteiger partial charge on any atom is -0.493 e. The average molecular weight is 337 g/mol. The third-order valence-corrected chi connectivity index (χ3v) is 4.58. The van der Waals surface area contributed by atoms with Gasteiger partial charge in [0, 0.05) is 11.1 Å². The molecule has 2 aromatic heterocycles. The van der Waals surface area contributed by atoms with Gasteiger partial charge < -0.3 is 5.11 Å². The fourth-order valence-electron chi connectivity index (χ4n) is 2.40. The number of rotatable bonds is 3. The Balaban J connectivity index is 2.05. The van der Waals surface area contributed by atoms with E-state index in [0.717, 1.165) is 10.5 Å². The smallest absolute Gasteiger partial charge is 0.223 e. The lowest BCUT2D eigenvalue weighted by Crippen LogP contribution is -2.00. The maximum Gasteiger partial charge on any atom is 0.223 e. The lowest BCUT2D eigenvalue weighted by Gasteiger charge is -2.05. The molecule has 0 bridgehead atoms. The van der Waals surface area contributed by atoms with Gasteiger partial charge in [-0.3, -0.25) is 4.78 Å². The fourth-order valence-corrected chi connectivity index (χ4v) is 2.89. The van der Waals surface area contributed by atoms with E-state index in [2.05, 4.69) is 16.2 Å². The van der Waals surface area contributed by atoms with Crippen LogP contribution in [0.3, 0.4) is 0 Å². The lowest BCUT2D eigenvalue weighted by atomic mass is 10.0. The maximum absolute atomic E-state index is 10.6. The molecule has 0 amide bonds. The molecule has 0 aliphatic rings. The zero-order chi connectivity index (χ0) is 17.3. The summed E-state index contributed by atoms with van der Waals surface area (Å²) in [6.45, 7) is 1.81. The fraction of sp³-hybridized carbons (Fsp3) is 0.118. The lowest BCUT2D eigenvalue weighted by molar-refractivity contribution is 0.433. The summed E-state index contributed by atoms with van der Waals surface area (Å²) < 4.78 is 9.09. The predicted molar refractivity (Wildman–Crippen MR) is 92.2 cm³/mol. The quantitative estimate of drug-likeness (QED) is 0.766. The van der Waals surface area contributed by atoms with Crippen molar-refractivity contribution in [2.45, 2.75) is 11.8 Å². The van der Waals surface area contributed by atoms with Crippen LogP contribution in [0.25, 0.3) is 16.9 Å². The van der Waals surface area contributed by atoms with Crippen LogP contribution in [0.2, 0.25) is 0 Å². The second kappa shape index (κ2) is 6.26. The molecule has 7 heteroatoms. The first-order chi connectivity index (χ1) is 11.5. The summed E-state index contributed by atoms with van der Waals surface area (Å²) in [4.78, 5) is 5.12. The normalized spacial score (nSPS) is 11.9. The SMILES string of the molecule is Cc1nn(-c2ccc(S(C)=N)cn2)c(O)c1-c1ccc(C#N)cc1. The van der Waals surface area contributed by atoms with Gasteiger partial charge in [0.15, 0.2) is 5.82 Å². The van der Waals surface area contributed by atoms with E-state index in [1.807, 2.05) is 13.0 Å². The van der Waals surface area contributed by atoms with Gasteiger partial charge in [-0.25, -0.2) is 4.98 Å². The Bertz CT molecular complexity index is 952. The number of nitriles is 1. The Morgan fingerprint density at radius 2 is 1.92 bits per heavy atom. The zero-order valence-corrected chi connectivity index (χ0v) is 14.0. The van der Waals surface area contributed by atoms with Gasteiger partial charge in [0.05, 0.1) is 22.9 Å². The molecule has 3 aromatic rings. The Morgan fingerprint density at radius 1 is 1.21 bits per heavy atom. The third kappa shape index (κ3) is 2.79. The van der Waals surface area contributed by atoms with E-state index in [4.69, 9.17) is 10.0 Å². The highest BCUT2D eigenvalue weighted by Crippen LogP contribution is 2.33. The van der Waals surface area contributed by atoms with Crippen molar-refractivity contribution in [1.29, 1.82) is 10.0 Å². The number of benzene rings is 1. The second-order valence-electron chi connectivity index (χ2n) is 5.25. The van der Waals surface area contributed by atoms with Crippen molar-refractivity contribution in [3.05, 3.63) is 53.9 Å². The highest BCUT2D eigenvalue weighted by Gasteiger charge is 2.18. The topological polar surface area (TPSA) is 98.6 Å². The second-order valence-corrected chi connectivity index (χ2v) is 6.74. The Hall–Kier alpha value is -2.98. The standard InChI is InChI=1S/C17H15N5OS/c1-11-16(13-5-3-12(9-18)4-6-13)17(23)22(21-11)15-8-7-14(10-20-15)24(2)19/h3-8,10,19,23H,1-2H3. The molecule has 0 saturated heterocycles. The molecule has 1 atom stereocenters. The average Bonchev–Trinajstić information content (AvgIpc) is 2.89. The molecular weight excluding hydrogens is 322 g/mol. The molecule has 24 heavy (non-hydrogen) atoms. The van der Waals surface area contributed by atoms with Crippen LogP contribution in [-0.2, 0) is 10.7 Å². The largest absolute Gasteiger partial charge is 0.493 e. The molecule has 2 heterocycles. The van der Waals surface area contributed by atoms with E-state index in [0.29, 0.717) is 22.6 Å². The number of aryl methyl sites for hydroxylation is 1. The van der Waals surface area contributed by atoms with Gasteiger partial charge in [-0.15, -0.1) is 0 Å². The Morgan fingerprint density at radius 3 is 2.46 bits per heavy atom. The van der Waals surface area contributed by atoms with Gasteiger partial charge >= 0.3 is 0 Å². The maximum atomic E-state index is 10.6. The van der Waals surface area contributed by atoms with Crippen molar-refractivity contribution in [1.82, 2.24) is 14.8 Å². The molecule has 0 radical (unpaired) electrons. The summed E-state index contributed by atoms with van der Waals surface area (Å²) >= 11 is 0. The van der Waals surface area contributed by atoms with Gasteiger partial charge in [-0.2, -0.15) is 15.0 Å². The van der Waals surface area contributed by atoms with Crippen molar-refractivity contribution in [2.24, 2.45) is 0 Å². The van der Waals surface area contributed by atoms with Crippen molar-refractivity contribution in [3.8, 4) is 28.9 Å². The van der Waals surface area contributed by atoms with Crippen molar-refractivity contribution in [3.63, 3.8) is 0 Å². The number of hydrogen-bond donors (Lipinski definition) is 2. The minimum absolute atomic E-state index is 0.00108. The Labute approximate surface area is 141 Å². The zero-order valence-electron chi connectivity index (χ0n) is 13.2. The number of nitrogens with one attached hydrogen (secondary N) is 1. The van der Waals surface area contributed by atoms with E-state index >= 15 is 0 Å². The number of hydrogen-bond acceptors (Lipinski definition) is 5. The molecule has 0 aliphatic heterocycles. The van der Waals surface area contributed by atoms with Crippen LogP contribution in [0.4, 0.5) is 0 Å². The molecule has 1 unspecified atom stereocenters. The van der Waals surface area contributed by atoms with Gasteiger partial charge in [-0.1, -0.05) is 22.8 Å². The van der Waals surface area contributed by atoms with Gasteiger partial charge in [0.1, 0.15) is 0 Å². The molecule has 0 spiro atoms. The van der Waals surface area contributed by atoms with Gasteiger partial charge in [-0.05, 0) is 43.0 Å². The molecule has 120 valence electrons. The summed E-state index contributed by atoms with van der Waals surface area (Å²) in [6, 6.07) is 12.6. The molecule has 6 nitrogen and oxygen atoms in total. The van der Waals surface area contributed by atoms with E-state index in [1.54, 1.807) is 42.8 Å². The van der Waals surface area contributed by atoms with E-state index in [9.17, 15) is 5.11 Å². The van der Waals surface area contributed by atoms with Crippen LogP contribution >= 0.6 is 0 Å². The van der Waals surface area contributed by atoms with Crippen LogP contribution in [-0.4, -0.2) is 26.1 Å². The van der Waals surface area contributed by atoms with Crippen molar-refractivity contribution in [2.75, 3.05) is 6.26 Å². The highest BCUT2D eigenvalue weighted by molar-refractivity contribution is 7.85. The van der Waals surface area contributed by atoms with Crippen LogP contribution in [0.15, 0.2) is 47.5 Å². The summed E-state index contributed by atoms with van der Waals surface area (Å²) in [5, 5.41) is 23.8.